The van der Waals surface area contributed by atoms with Gasteiger partial charge in [-0.05, 0) is 31.6 Å². The fraction of sp³-hybridized carbons (Fsp3) is 0.500. The van der Waals surface area contributed by atoms with Gasteiger partial charge in [-0.25, -0.2) is 9.97 Å². The van der Waals surface area contributed by atoms with Crippen molar-refractivity contribution in [3.8, 4) is 0 Å². The molecule has 3 rings (SSSR count). The van der Waals surface area contributed by atoms with Crippen molar-refractivity contribution in [3.05, 3.63) is 16.8 Å². The number of hydrogen-bond donors (Lipinski definition) is 1. The third kappa shape index (κ3) is 1.26. The predicted octanol–water partition coefficient (Wildman–Crippen LogP) is 3.02. The lowest BCUT2D eigenvalue weighted by Crippen LogP contribution is -2.09. The van der Waals surface area contributed by atoms with Gasteiger partial charge in [0.1, 0.15) is 10.3 Å². The van der Waals surface area contributed by atoms with Crippen LogP contribution in [0.5, 0.6) is 0 Å². The molecule has 0 spiro atoms. The summed E-state index contributed by atoms with van der Waals surface area (Å²) in [6.07, 6.45) is 5.42. The van der Waals surface area contributed by atoms with E-state index in [4.69, 9.17) is 5.73 Å². The quantitative estimate of drug-likeness (QED) is 0.867. The Morgan fingerprint density at radius 2 is 2.25 bits per heavy atom. The minimum Gasteiger partial charge on any atom is -0.397 e. The van der Waals surface area contributed by atoms with Crippen LogP contribution in [-0.2, 0) is 5.41 Å². The van der Waals surface area contributed by atoms with Crippen molar-refractivity contribution in [2.45, 2.75) is 38.5 Å². The average Bonchev–Trinajstić information content (AvgIpc) is 2.95. The Balaban J connectivity index is 2.32. The molecule has 0 saturated heterocycles. The normalized spacial score (nSPS) is 17.9. The van der Waals surface area contributed by atoms with Gasteiger partial charge in [0.2, 0.25) is 0 Å². The molecule has 2 N–H and O–H groups in total. The molecule has 0 unspecified atom stereocenters. The highest BCUT2D eigenvalue weighted by molar-refractivity contribution is 7.18. The van der Waals surface area contributed by atoms with E-state index in [0.717, 1.165) is 27.5 Å². The highest BCUT2D eigenvalue weighted by atomic mass is 32.1. The second-order valence-corrected chi connectivity index (χ2v) is 5.79. The van der Waals surface area contributed by atoms with Crippen LogP contribution in [0.25, 0.3) is 10.3 Å². The van der Waals surface area contributed by atoms with Crippen LogP contribution in [0.2, 0.25) is 0 Å². The van der Waals surface area contributed by atoms with E-state index in [9.17, 15) is 0 Å². The molecular weight excluding hydrogens is 218 g/mol. The number of fused-ring (bicyclic) bond motifs is 1. The van der Waals surface area contributed by atoms with E-state index in [1.54, 1.807) is 17.5 Å². The fourth-order valence-corrected chi connectivity index (χ4v) is 3.25. The highest BCUT2D eigenvalue weighted by Crippen LogP contribution is 2.54. The van der Waals surface area contributed by atoms with Crippen LogP contribution in [-0.4, -0.2) is 9.97 Å². The Morgan fingerprint density at radius 1 is 1.50 bits per heavy atom. The Morgan fingerprint density at radius 3 is 2.88 bits per heavy atom. The molecule has 2 aromatic rings. The van der Waals surface area contributed by atoms with Gasteiger partial charge in [0, 0.05) is 5.56 Å². The van der Waals surface area contributed by atoms with E-state index in [-0.39, 0.29) is 0 Å². The lowest BCUT2D eigenvalue weighted by Gasteiger charge is -2.15. The second kappa shape index (κ2) is 3.17. The zero-order chi connectivity index (χ0) is 11.3. The van der Waals surface area contributed by atoms with Gasteiger partial charge in [-0.2, -0.15) is 0 Å². The Kier molecular flexibility index (Phi) is 1.98. The molecule has 1 aliphatic carbocycles. The number of thiazole rings is 1. The molecule has 0 aliphatic heterocycles. The summed E-state index contributed by atoms with van der Waals surface area (Å²) in [5.74, 6) is 0. The monoisotopic (exact) mass is 233 g/mol. The minimum atomic E-state index is 0.297. The summed E-state index contributed by atoms with van der Waals surface area (Å²) >= 11 is 1.65. The first-order valence-corrected chi connectivity index (χ1v) is 6.50. The maximum atomic E-state index is 6.10. The molecule has 0 radical (unpaired) electrons. The number of pyridine rings is 1. The van der Waals surface area contributed by atoms with E-state index >= 15 is 0 Å². The molecule has 0 aromatic carbocycles. The number of rotatable bonds is 2. The molecule has 0 atom stereocenters. The average molecular weight is 233 g/mol. The van der Waals surface area contributed by atoms with Gasteiger partial charge in [0.25, 0.3) is 0 Å². The predicted molar refractivity (Wildman–Crippen MR) is 67.8 cm³/mol. The maximum Gasteiger partial charge on any atom is 0.143 e. The number of aryl methyl sites for hydroxylation is 1. The fourth-order valence-electron chi connectivity index (χ4n) is 2.48. The molecule has 2 heterocycles. The zero-order valence-corrected chi connectivity index (χ0v) is 10.4. The molecule has 4 heteroatoms. The van der Waals surface area contributed by atoms with Crippen LogP contribution in [0.1, 0.15) is 36.8 Å². The first kappa shape index (κ1) is 10.0. The van der Waals surface area contributed by atoms with Crippen molar-refractivity contribution in [2.24, 2.45) is 0 Å². The third-order valence-electron chi connectivity index (χ3n) is 3.62. The topological polar surface area (TPSA) is 51.8 Å². The summed E-state index contributed by atoms with van der Waals surface area (Å²) in [6.45, 7) is 4.26. The summed E-state index contributed by atoms with van der Waals surface area (Å²) < 4.78 is 0. The summed E-state index contributed by atoms with van der Waals surface area (Å²) in [5, 5.41) is 1.07. The number of nitrogens with two attached hydrogens (primary N) is 1. The van der Waals surface area contributed by atoms with Gasteiger partial charge in [-0.3, -0.25) is 0 Å². The Hall–Kier alpha value is -1.16. The number of nitrogens with zero attached hydrogens (tertiary/aromatic N) is 2. The van der Waals surface area contributed by atoms with E-state index in [1.807, 2.05) is 6.92 Å². The number of nitrogen functional groups attached to an aromatic ring is 1. The maximum absolute atomic E-state index is 6.10. The van der Waals surface area contributed by atoms with Crippen LogP contribution < -0.4 is 5.73 Å². The van der Waals surface area contributed by atoms with Gasteiger partial charge in [0.15, 0.2) is 0 Å². The minimum absolute atomic E-state index is 0.297. The largest absolute Gasteiger partial charge is 0.397 e. The van der Waals surface area contributed by atoms with Crippen LogP contribution in [0, 0.1) is 6.92 Å². The summed E-state index contributed by atoms with van der Waals surface area (Å²) in [7, 11) is 0. The Labute approximate surface area is 98.7 Å². The zero-order valence-electron chi connectivity index (χ0n) is 9.58. The molecule has 1 fully saturated rings. The molecular formula is C12H15N3S. The third-order valence-corrected chi connectivity index (χ3v) is 4.50. The van der Waals surface area contributed by atoms with Crippen molar-refractivity contribution in [2.75, 3.05) is 5.73 Å². The van der Waals surface area contributed by atoms with E-state index in [0.29, 0.717) is 5.41 Å². The van der Waals surface area contributed by atoms with Crippen LogP contribution >= 0.6 is 11.3 Å². The van der Waals surface area contributed by atoms with Gasteiger partial charge >= 0.3 is 0 Å². The Bertz CT molecular complexity index is 555. The van der Waals surface area contributed by atoms with Crippen molar-refractivity contribution in [3.63, 3.8) is 0 Å². The smallest absolute Gasteiger partial charge is 0.143 e. The molecule has 0 amide bonds. The van der Waals surface area contributed by atoms with Gasteiger partial charge in [-0.1, -0.05) is 18.3 Å². The molecule has 1 aliphatic rings. The molecule has 3 nitrogen and oxygen atoms in total. The van der Waals surface area contributed by atoms with Crippen molar-refractivity contribution >= 4 is 27.4 Å². The van der Waals surface area contributed by atoms with Crippen molar-refractivity contribution in [1.29, 1.82) is 0 Å². The van der Waals surface area contributed by atoms with Gasteiger partial charge in [0.05, 0.1) is 16.9 Å². The first-order valence-electron chi connectivity index (χ1n) is 5.68. The molecule has 16 heavy (non-hydrogen) atoms. The molecule has 0 bridgehead atoms. The lowest BCUT2D eigenvalue weighted by molar-refractivity contribution is 0.670. The first-order chi connectivity index (χ1) is 7.66. The molecule has 2 aromatic heterocycles. The highest BCUT2D eigenvalue weighted by Gasteiger charge is 2.45. The molecule has 1 saturated carbocycles. The van der Waals surface area contributed by atoms with Gasteiger partial charge in [-0.15, -0.1) is 0 Å². The van der Waals surface area contributed by atoms with Crippen LogP contribution in [0.4, 0.5) is 5.69 Å². The summed E-state index contributed by atoms with van der Waals surface area (Å²) in [5.41, 5.74) is 9.51. The SMILES string of the molecule is CCC1(c2c(N)cnc3sc(C)nc23)CC1. The summed E-state index contributed by atoms with van der Waals surface area (Å²) in [4.78, 5) is 10.0. The van der Waals surface area contributed by atoms with E-state index < -0.39 is 0 Å². The second-order valence-electron chi connectivity index (χ2n) is 4.61. The van der Waals surface area contributed by atoms with Gasteiger partial charge < -0.3 is 5.73 Å². The van der Waals surface area contributed by atoms with Crippen LogP contribution in [0.15, 0.2) is 6.20 Å². The van der Waals surface area contributed by atoms with E-state index in [2.05, 4.69) is 16.9 Å². The van der Waals surface area contributed by atoms with E-state index in [1.165, 1.54) is 18.4 Å². The lowest BCUT2D eigenvalue weighted by atomic mass is 9.92. The standard InChI is InChI=1S/C12H15N3S/c1-3-12(4-5-12)9-8(13)6-14-11-10(9)15-7(2)16-11/h6H,3-5,13H2,1-2H3. The number of anilines is 1. The number of aromatic nitrogens is 2. The van der Waals surface area contributed by atoms with Crippen molar-refractivity contribution in [1.82, 2.24) is 9.97 Å². The van der Waals surface area contributed by atoms with Crippen LogP contribution in [0.3, 0.4) is 0 Å². The van der Waals surface area contributed by atoms with Crippen molar-refractivity contribution < 1.29 is 0 Å². The summed E-state index contributed by atoms with van der Waals surface area (Å²) in [6, 6.07) is 0. The number of hydrogen-bond acceptors (Lipinski definition) is 4. The molecule has 84 valence electrons.